The highest BCUT2D eigenvalue weighted by Crippen LogP contribution is 2.18. The molecule has 5 nitrogen and oxygen atoms in total. The highest BCUT2D eigenvalue weighted by atomic mass is 127. The number of hydrogen-bond donors (Lipinski definition) is 2. The Morgan fingerprint density at radius 3 is 2.62 bits per heavy atom. The van der Waals surface area contributed by atoms with Gasteiger partial charge in [-0.2, -0.15) is 0 Å². The third kappa shape index (κ3) is 7.71. The number of nitrogens with one attached hydrogen (secondary N) is 2. The smallest absolute Gasteiger partial charge is 0.191 e. The number of aliphatic imine (C=N–C) groups is 1. The Hall–Kier alpha value is -0.760. The highest BCUT2D eigenvalue weighted by Gasteiger charge is 2.16. The molecule has 1 aromatic rings. The van der Waals surface area contributed by atoms with Crippen molar-refractivity contribution in [3.8, 4) is 0 Å². The minimum Gasteiger partial charge on any atom is -0.468 e. The lowest BCUT2D eigenvalue weighted by Gasteiger charge is -2.21. The molecule has 0 aliphatic heterocycles. The van der Waals surface area contributed by atoms with E-state index in [2.05, 4.69) is 34.4 Å². The van der Waals surface area contributed by atoms with Crippen molar-refractivity contribution in [3.63, 3.8) is 0 Å². The summed E-state index contributed by atoms with van der Waals surface area (Å²) in [5.74, 6) is 1.82. The van der Waals surface area contributed by atoms with Gasteiger partial charge in [-0.15, -0.1) is 24.0 Å². The molecular weight excluding hydrogens is 379 g/mol. The van der Waals surface area contributed by atoms with E-state index in [-0.39, 0.29) is 30.0 Å². The SMILES string of the molecule is CCCCNC(=NCC(c1ccco1)N(C)C)NCC.I. The monoisotopic (exact) mass is 408 g/mol. The van der Waals surface area contributed by atoms with Gasteiger partial charge in [0.1, 0.15) is 5.76 Å². The first-order chi connectivity index (χ1) is 9.69. The normalized spacial score (nSPS) is 12.9. The van der Waals surface area contributed by atoms with E-state index in [1.165, 1.54) is 6.42 Å². The summed E-state index contributed by atoms with van der Waals surface area (Å²) in [5.41, 5.74) is 0. The Morgan fingerprint density at radius 1 is 1.33 bits per heavy atom. The second-order valence-electron chi connectivity index (χ2n) is 4.99. The van der Waals surface area contributed by atoms with Crippen LogP contribution in [0.3, 0.4) is 0 Å². The molecule has 6 heteroatoms. The van der Waals surface area contributed by atoms with E-state index >= 15 is 0 Å². The van der Waals surface area contributed by atoms with Crippen LogP contribution in [0.2, 0.25) is 0 Å². The number of unbranched alkanes of at least 4 members (excludes halogenated alkanes) is 1. The summed E-state index contributed by atoms with van der Waals surface area (Å²) in [4.78, 5) is 6.78. The number of guanidine groups is 1. The van der Waals surface area contributed by atoms with Gasteiger partial charge >= 0.3 is 0 Å². The summed E-state index contributed by atoms with van der Waals surface area (Å²) in [6.07, 6.45) is 4.04. The van der Waals surface area contributed by atoms with Crippen molar-refractivity contribution >= 4 is 29.9 Å². The van der Waals surface area contributed by atoms with E-state index in [1.807, 2.05) is 26.2 Å². The first-order valence-corrected chi connectivity index (χ1v) is 7.41. The number of likely N-dealkylation sites (N-methyl/N-ethyl adjacent to an activating group) is 1. The second-order valence-corrected chi connectivity index (χ2v) is 4.99. The van der Waals surface area contributed by atoms with E-state index < -0.39 is 0 Å². The Bertz CT molecular complexity index is 379. The molecule has 0 fully saturated rings. The fourth-order valence-corrected chi connectivity index (χ4v) is 1.89. The first kappa shape index (κ1) is 20.2. The van der Waals surface area contributed by atoms with Crippen LogP contribution in [0.4, 0.5) is 0 Å². The maximum Gasteiger partial charge on any atom is 0.191 e. The van der Waals surface area contributed by atoms with Crippen molar-refractivity contribution in [2.24, 2.45) is 4.99 Å². The van der Waals surface area contributed by atoms with Crippen LogP contribution >= 0.6 is 24.0 Å². The Kier molecular flexibility index (Phi) is 11.4. The molecule has 1 unspecified atom stereocenters. The summed E-state index contributed by atoms with van der Waals surface area (Å²) < 4.78 is 5.50. The van der Waals surface area contributed by atoms with Crippen LogP contribution in [0.1, 0.15) is 38.5 Å². The summed E-state index contributed by atoms with van der Waals surface area (Å²) >= 11 is 0. The molecule has 0 amide bonds. The van der Waals surface area contributed by atoms with Crippen molar-refractivity contribution in [3.05, 3.63) is 24.2 Å². The second kappa shape index (κ2) is 11.9. The average Bonchev–Trinajstić information content (AvgIpc) is 2.92. The highest BCUT2D eigenvalue weighted by molar-refractivity contribution is 14.0. The standard InChI is InChI=1S/C15H28N4O.HI/c1-5-7-10-17-15(16-6-2)18-12-13(19(3)4)14-9-8-11-20-14;/h8-9,11,13H,5-7,10,12H2,1-4H3,(H2,16,17,18);1H. The van der Waals surface area contributed by atoms with E-state index in [9.17, 15) is 0 Å². The molecule has 1 atom stereocenters. The molecule has 0 spiro atoms. The number of furan rings is 1. The van der Waals surface area contributed by atoms with Crippen LogP contribution in [0.25, 0.3) is 0 Å². The third-order valence-electron chi connectivity index (χ3n) is 3.08. The average molecular weight is 408 g/mol. The van der Waals surface area contributed by atoms with E-state index in [0.717, 1.165) is 31.2 Å². The zero-order valence-corrected chi connectivity index (χ0v) is 15.9. The van der Waals surface area contributed by atoms with Gasteiger partial charge in [0.15, 0.2) is 5.96 Å². The fraction of sp³-hybridized carbons (Fsp3) is 0.667. The van der Waals surface area contributed by atoms with Crippen LogP contribution in [0.15, 0.2) is 27.8 Å². The maximum atomic E-state index is 5.50. The number of halogens is 1. The quantitative estimate of drug-likeness (QED) is 0.301. The molecule has 0 aromatic carbocycles. The molecule has 0 radical (unpaired) electrons. The lowest BCUT2D eigenvalue weighted by Crippen LogP contribution is -2.38. The third-order valence-corrected chi connectivity index (χ3v) is 3.08. The molecular formula is C15H29IN4O. The summed E-state index contributed by atoms with van der Waals surface area (Å²) in [7, 11) is 4.08. The van der Waals surface area contributed by atoms with E-state index in [0.29, 0.717) is 6.54 Å². The van der Waals surface area contributed by atoms with Gasteiger partial charge in [-0.05, 0) is 39.6 Å². The fourth-order valence-electron chi connectivity index (χ4n) is 1.89. The molecule has 0 aliphatic carbocycles. The van der Waals surface area contributed by atoms with Crippen LogP contribution in [0, 0.1) is 0 Å². The van der Waals surface area contributed by atoms with Gasteiger partial charge in [0, 0.05) is 13.1 Å². The molecule has 21 heavy (non-hydrogen) atoms. The van der Waals surface area contributed by atoms with E-state index in [1.54, 1.807) is 6.26 Å². The molecule has 1 heterocycles. The molecule has 0 saturated carbocycles. The largest absolute Gasteiger partial charge is 0.468 e. The first-order valence-electron chi connectivity index (χ1n) is 7.41. The number of hydrogen-bond acceptors (Lipinski definition) is 3. The van der Waals surface area contributed by atoms with Crippen molar-refractivity contribution in [1.82, 2.24) is 15.5 Å². The van der Waals surface area contributed by atoms with E-state index in [4.69, 9.17) is 4.42 Å². The van der Waals surface area contributed by atoms with Gasteiger partial charge in [0.2, 0.25) is 0 Å². The van der Waals surface area contributed by atoms with Gasteiger partial charge in [0.25, 0.3) is 0 Å². The summed E-state index contributed by atoms with van der Waals surface area (Å²) in [5, 5.41) is 6.62. The molecule has 0 aliphatic rings. The van der Waals surface area contributed by atoms with Crippen LogP contribution in [-0.4, -0.2) is 44.6 Å². The molecule has 1 aromatic heterocycles. The van der Waals surface area contributed by atoms with Gasteiger partial charge in [-0.25, -0.2) is 0 Å². The van der Waals surface area contributed by atoms with Gasteiger partial charge < -0.3 is 15.1 Å². The number of rotatable bonds is 8. The molecule has 1 rings (SSSR count). The predicted octanol–water partition coefficient (Wildman–Crippen LogP) is 2.86. The van der Waals surface area contributed by atoms with Crippen LogP contribution in [0.5, 0.6) is 0 Å². The molecule has 122 valence electrons. The van der Waals surface area contributed by atoms with Crippen LogP contribution < -0.4 is 10.6 Å². The van der Waals surface area contributed by atoms with Crippen LogP contribution in [-0.2, 0) is 0 Å². The Balaban J connectivity index is 0.00000400. The summed E-state index contributed by atoms with van der Waals surface area (Å²) in [6, 6.07) is 4.07. The predicted molar refractivity (Wildman–Crippen MR) is 99.4 cm³/mol. The van der Waals surface area contributed by atoms with Gasteiger partial charge in [0.05, 0.1) is 18.8 Å². The van der Waals surface area contributed by atoms with Gasteiger partial charge in [-0.1, -0.05) is 13.3 Å². The van der Waals surface area contributed by atoms with Crippen molar-refractivity contribution in [2.45, 2.75) is 32.7 Å². The minimum absolute atomic E-state index is 0. The molecule has 0 bridgehead atoms. The van der Waals surface area contributed by atoms with Gasteiger partial charge in [-0.3, -0.25) is 9.89 Å². The Labute approximate surface area is 145 Å². The maximum absolute atomic E-state index is 5.50. The van der Waals surface area contributed by atoms with Crippen molar-refractivity contribution in [1.29, 1.82) is 0 Å². The zero-order valence-electron chi connectivity index (χ0n) is 13.6. The minimum atomic E-state index is 0. The Morgan fingerprint density at radius 2 is 2.10 bits per heavy atom. The molecule has 2 N–H and O–H groups in total. The lowest BCUT2D eigenvalue weighted by molar-refractivity contribution is 0.265. The summed E-state index contributed by atoms with van der Waals surface area (Å²) in [6.45, 7) is 6.75. The van der Waals surface area contributed by atoms with Crippen molar-refractivity contribution < 1.29 is 4.42 Å². The lowest BCUT2D eigenvalue weighted by atomic mass is 10.2. The zero-order chi connectivity index (χ0) is 14.8. The van der Waals surface area contributed by atoms with Crippen molar-refractivity contribution in [2.75, 3.05) is 33.7 Å². The number of nitrogens with zero attached hydrogens (tertiary/aromatic N) is 2. The topological polar surface area (TPSA) is 52.8 Å². The molecule has 0 saturated heterocycles.